The lowest BCUT2D eigenvalue weighted by Gasteiger charge is -2.28. The largest absolute Gasteiger partial charge is 0.455 e. The average Bonchev–Trinajstić information content (AvgIpc) is 3.31. The van der Waals surface area contributed by atoms with Crippen LogP contribution in [0.15, 0.2) is 78.9 Å². The van der Waals surface area contributed by atoms with E-state index in [9.17, 15) is 9.59 Å². The Morgan fingerprint density at radius 1 is 1.00 bits per heavy atom. The van der Waals surface area contributed by atoms with Gasteiger partial charge in [-0.05, 0) is 43.2 Å². The zero-order valence-electron chi connectivity index (χ0n) is 20.0. The molecule has 0 aromatic heterocycles. The minimum Gasteiger partial charge on any atom is -0.455 e. The number of para-hydroxylation sites is 3. The third kappa shape index (κ3) is 6.83. The Kier molecular flexibility index (Phi) is 8.00. The molecule has 0 spiro atoms. The van der Waals surface area contributed by atoms with E-state index in [0.29, 0.717) is 36.8 Å². The van der Waals surface area contributed by atoms with E-state index in [-0.39, 0.29) is 30.9 Å². The van der Waals surface area contributed by atoms with Gasteiger partial charge in [0.15, 0.2) is 5.75 Å². The van der Waals surface area contributed by atoms with E-state index in [1.807, 2.05) is 85.8 Å². The molecular weight excluding hydrogens is 440 g/mol. The molecule has 3 aromatic carbocycles. The zero-order chi connectivity index (χ0) is 24.6. The first-order valence-corrected chi connectivity index (χ1v) is 11.9. The van der Waals surface area contributed by atoms with Crippen molar-refractivity contribution < 1.29 is 14.3 Å². The highest BCUT2D eigenvalue weighted by molar-refractivity contribution is 5.87. The van der Waals surface area contributed by atoms with Crippen molar-refractivity contribution in [1.29, 1.82) is 0 Å². The molecule has 0 saturated carbocycles. The highest BCUT2D eigenvalue weighted by Gasteiger charge is 2.27. The van der Waals surface area contributed by atoms with Crippen LogP contribution < -0.4 is 20.7 Å². The summed E-state index contributed by atoms with van der Waals surface area (Å²) in [7, 11) is 0. The molecule has 7 heteroatoms. The molecule has 0 aliphatic carbocycles. The number of aryl methyl sites for hydroxylation is 1. The molecule has 0 radical (unpaired) electrons. The van der Waals surface area contributed by atoms with Gasteiger partial charge in [-0.2, -0.15) is 0 Å². The van der Waals surface area contributed by atoms with Crippen LogP contribution in [0.2, 0.25) is 0 Å². The first-order valence-electron chi connectivity index (χ1n) is 11.9. The average molecular weight is 473 g/mol. The van der Waals surface area contributed by atoms with Gasteiger partial charge >= 0.3 is 0 Å². The van der Waals surface area contributed by atoms with E-state index in [2.05, 4.69) is 5.32 Å². The summed E-state index contributed by atoms with van der Waals surface area (Å²) in [5, 5.41) is 2.97. The van der Waals surface area contributed by atoms with Gasteiger partial charge in [0, 0.05) is 25.7 Å². The first-order chi connectivity index (χ1) is 17.0. The van der Waals surface area contributed by atoms with Crippen molar-refractivity contribution in [1.82, 2.24) is 10.2 Å². The summed E-state index contributed by atoms with van der Waals surface area (Å²) >= 11 is 0. The Hall–Kier alpha value is -3.84. The van der Waals surface area contributed by atoms with Crippen LogP contribution in [0.3, 0.4) is 0 Å². The number of hydrogen-bond acceptors (Lipinski definition) is 5. The summed E-state index contributed by atoms with van der Waals surface area (Å²) in [6, 6.07) is 24.9. The molecule has 4 rings (SSSR count). The Morgan fingerprint density at radius 3 is 2.43 bits per heavy atom. The van der Waals surface area contributed by atoms with E-state index in [4.69, 9.17) is 10.5 Å². The molecular formula is C28H32N4O3. The normalized spacial score (nSPS) is 15.0. The zero-order valence-corrected chi connectivity index (χ0v) is 20.0. The Labute approximate surface area is 206 Å². The number of rotatable bonds is 9. The summed E-state index contributed by atoms with van der Waals surface area (Å²) in [4.78, 5) is 29.6. The van der Waals surface area contributed by atoms with Gasteiger partial charge in [-0.25, -0.2) is 0 Å². The van der Waals surface area contributed by atoms with Crippen molar-refractivity contribution in [2.24, 2.45) is 5.73 Å². The highest BCUT2D eigenvalue weighted by atomic mass is 16.5. The van der Waals surface area contributed by atoms with E-state index in [1.165, 1.54) is 5.56 Å². The predicted molar refractivity (Wildman–Crippen MR) is 137 cm³/mol. The van der Waals surface area contributed by atoms with Crippen molar-refractivity contribution in [3.63, 3.8) is 0 Å². The lowest BCUT2D eigenvalue weighted by atomic mass is 10.1. The lowest BCUT2D eigenvalue weighted by Crippen LogP contribution is -2.44. The molecule has 3 N–H and O–H groups in total. The van der Waals surface area contributed by atoms with Gasteiger partial charge in [0.1, 0.15) is 5.75 Å². The fraction of sp³-hybridized carbons (Fsp3) is 0.286. The number of nitrogens with one attached hydrogen (secondary N) is 1. The van der Waals surface area contributed by atoms with Crippen molar-refractivity contribution in [3.8, 4) is 11.5 Å². The molecule has 1 fully saturated rings. The second-order valence-corrected chi connectivity index (χ2v) is 8.89. The van der Waals surface area contributed by atoms with Crippen LogP contribution in [0.1, 0.15) is 17.5 Å². The summed E-state index contributed by atoms with van der Waals surface area (Å²) in [5.41, 5.74) is 8.87. The van der Waals surface area contributed by atoms with E-state index in [1.54, 1.807) is 9.80 Å². The van der Waals surface area contributed by atoms with Crippen LogP contribution in [-0.2, 0) is 16.1 Å². The topological polar surface area (TPSA) is 87.9 Å². The van der Waals surface area contributed by atoms with Crippen molar-refractivity contribution in [3.05, 3.63) is 90.0 Å². The van der Waals surface area contributed by atoms with Gasteiger partial charge in [0.25, 0.3) is 0 Å². The van der Waals surface area contributed by atoms with Gasteiger partial charge in [0.05, 0.1) is 18.8 Å². The summed E-state index contributed by atoms with van der Waals surface area (Å²) < 4.78 is 6.12. The van der Waals surface area contributed by atoms with Gasteiger partial charge in [-0.1, -0.05) is 60.2 Å². The minimum atomic E-state index is -0.175. The van der Waals surface area contributed by atoms with Gasteiger partial charge in [-0.15, -0.1) is 0 Å². The molecule has 0 bridgehead atoms. The van der Waals surface area contributed by atoms with E-state index < -0.39 is 0 Å². The van der Waals surface area contributed by atoms with E-state index >= 15 is 0 Å². The molecule has 1 aliphatic rings. The number of likely N-dealkylation sites (tertiary alicyclic amines) is 1. The standard InChI is InChI=1S/C28H32N4O3/c1-21-11-13-22(14-12-21)17-30-27(33)19-32(20-28(34)31-16-15-23(29)18-31)25-9-5-6-10-26(25)35-24-7-3-2-4-8-24/h2-14,23H,15-20,29H2,1H3,(H,30,33). The lowest BCUT2D eigenvalue weighted by molar-refractivity contribution is -0.128. The number of carbonyl (C=O) groups is 2. The van der Waals surface area contributed by atoms with Gasteiger partial charge in [-0.3, -0.25) is 9.59 Å². The SMILES string of the molecule is Cc1ccc(CNC(=O)CN(CC(=O)N2CCC(N)C2)c2ccccc2Oc2ccccc2)cc1. The Balaban J connectivity index is 1.51. The number of nitrogens with zero attached hydrogens (tertiary/aromatic N) is 2. The second-order valence-electron chi connectivity index (χ2n) is 8.89. The maximum Gasteiger partial charge on any atom is 0.242 e. The van der Waals surface area contributed by atoms with Crippen LogP contribution in [0.4, 0.5) is 5.69 Å². The fourth-order valence-corrected chi connectivity index (χ4v) is 4.06. The Morgan fingerprint density at radius 2 is 1.71 bits per heavy atom. The molecule has 2 amide bonds. The number of benzene rings is 3. The smallest absolute Gasteiger partial charge is 0.242 e. The van der Waals surface area contributed by atoms with E-state index in [0.717, 1.165) is 12.0 Å². The molecule has 1 heterocycles. The van der Waals surface area contributed by atoms with Crippen molar-refractivity contribution >= 4 is 17.5 Å². The van der Waals surface area contributed by atoms with Gasteiger partial charge < -0.3 is 25.6 Å². The number of anilines is 1. The van der Waals surface area contributed by atoms with Gasteiger partial charge in [0.2, 0.25) is 11.8 Å². The molecule has 7 nitrogen and oxygen atoms in total. The summed E-state index contributed by atoms with van der Waals surface area (Å²) in [6.07, 6.45) is 0.788. The maximum absolute atomic E-state index is 13.1. The minimum absolute atomic E-state index is 0.00101. The third-order valence-electron chi connectivity index (χ3n) is 6.03. The van der Waals surface area contributed by atoms with Crippen molar-refractivity contribution in [2.75, 3.05) is 31.1 Å². The molecule has 3 aromatic rings. The number of carbonyl (C=O) groups excluding carboxylic acids is 2. The van der Waals surface area contributed by atoms with Crippen molar-refractivity contribution in [2.45, 2.75) is 25.9 Å². The molecule has 1 aliphatic heterocycles. The number of hydrogen-bond donors (Lipinski definition) is 2. The van der Waals surface area contributed by atoms with Crippen LogP contribution in [-0.4, -0.2) is 48.9 Å². The molecule has 1 saturated heterocycles. The third-order valence-corrected chi connectivity index (χ3v) is 6.03. The number of amides is 2. The second kappa shape index (κ2) is 11.5. The Bertz CT molecular complexity index is 1130. The van der Waals surface area contributed by atoms with Crippen LogP contribution in [0, 0.1) is 6.92 Å². The highest BCUT2D eigenvalue weighted by Crippen LogP contribution is 2.32. The number of ether oxygens (including phenoxy) is 1. The predicted octanol–water partition coefficient (Wildman–Crippen LogP) is 3.47. The summed E-state index contributed by atoms with van der Waals surface area (Å²) in [5.74, 6) is 1.03. The molecule has 1 atom stereocenters. The molecule has 182 valence electrons. The van der Waals surface area contributed by atoms with Crippen LogP contribution in [0.25, 0.3) is 0 Å². The molecule has 1 unspecified atom stereocenters. The first kappa shape index (κ1) is 24.3. The quantitative estimate of drug-likeness (QED) is 0.498. The maximum atomic E-state index is 13.1. The monoisotopic (exact) mass is 472 g/mol. The summed E-state index contributed by atoms with van der Waals surface area (Å²) in [6.45, 7) is 3.69. The fourth-order valence-electron chi connectivity index (χ4n) is 4.06. The molecule has 35 heavy (non-hydrogen) atoms. The van der Waals surface area contributed by atoms with Crippen LogP contribution >= 0.6 is 0 Å². The van der Waals surface area contributed by atoms with Crippen LogP contribution in [0.5, 0.6) is 11.5 Å². The number of nitrogens with two attached hydrogens (primary N) is 1.